The number of rotatable bonds is 14. The van der Waals surface area contributed by atoms with Crippen molar-refractivity contribution in [3.8, 4) is 22.5 Å². The minimum absolute atomic E-state index is 0.0166. The molecule has 6 aromatic rings. The first-order chi connectivity index (χ1) is 24.0. The number of amides is 1. The lowest BCUT2D eigenvalue weighted by Crippen LogP contribution is -2.45. The number of nitrogens with zero attached hydrogens (tertiary/aromatic N) is 4. The van der Waals surface area contributed by atoms with Crippen LogP contribution in [0.1, 0.15) is 42.0 Å². The van der Waals surface area contributed by atoms with Crippen molar-refractivity contribution in [2.45, 2.75) is 37.9 Å². The van der Waals surface area contributed by atoms with E-state index in [4.69, 9.17) is 10.3 Å². The number of Topliss-reactive ketones (excluding diaryl/α,β-unsaturated/α-hetero) is 1. The molecule has 5 aromatic carbocycles. The number of ketones is 1. The van der Waals surface area contributed by atoms with E-state index < -0.39 is 17.7 Å². The molecular weight excluding hydrogens is 612 g/mol. The zero-order valence-corrected chi connectivity index (χ0v) is 27.2. The van der Waals surface area contributed by atoms with E-state index in [-0.39, 0.29) is 12.3 Å². The van der Waals surface area contributed by atoms with Crippen LogP contribution in [0.25, 0.3) is 22.5 Å². The lowest BCUT2D eigenvalue weighted by molar-refractivity contribution is -0.121. The minimum atomic E-state index is -1.15. The lowest BCUT2D eigenvalue weighted by Gasteiger charge is -2.36. The maximum atomic E-state index is 12.6. The number of benzene rings is 5. The van der Waals surface area contributed by atoms with Crippen LogP contribution in [-0.2, 0) is 16.9 Å². The molecule has 1 heterocycles. The van der Waals surface area contributed by atoms with Gasteiger partial charge in [-0.25, -0.2) is 9.48 Å². The molecule has 0 radical (unpaired) electrons. The standard InChI is InChI=1S/C40H38N6O3/c1-2-14-37(47)36(28-42-39(48)49)41-27-29-23-25-30(26-24-29)34-21-12-13-22-35(34)38-43-44-45-46(38)40(31-15-6-3-7-16-31,32-17-8-4-9-18-32)33-19-10-5-11-20-33/h3-13,15-26,36,41-42H,2,14,27-28H2,1H3,(H,48,49). The quantitative estimate of drug-likeness (QED) is 0.109. The van der Waals surface area contributed by atoms with Gasteiger partial charge in [-0.2, -0.15) is 0 Å². The van der Waals surface area contributed by atoms with Gasteiger partial charge in [0.05, 0.1) is 6.04 Å². The summed E-state index contributed by atoms with van der Waals surface area (Å²) < 4.78 is 1.93. The largest absolute Gasteiger partial charge is 0.465 e. The molecule has 9 nitrogen and oxygen atoms in total. The molecule has 0 aliphatic carbocycles. The Morgan fingerprint density at radius 1 is 0.735 bits per heavy atom. The van der Waals surface area contributed by atoms with Crippen LogP contribution in [-0.4, -0.2) is 49.8 Å². The number of carboxylic acid groups (broad SMARTS) is 1. The molecule has 6 rings (SSSR count). The first-order valence-electron chi connectivity index (χ1n) is 16.4. The zero-order chi connectivity index (χ0) is 34.1. The van der Waals surface area contributed by atoms with Crippen molar-refractivity contribution in [1.29, 1.82) is 0 Å². The van der Waals surface area contributed by atoms with Gasteiger partial charge in [0.2, 0.25) is 0 Å². The Morgan fingerprint density at radius 2 is 1.27 bits per heavy atom. The first kappa shape index (κ1) is 33.0. The van der Waals surface area contributed by atoms with Gasteiger partial charge in [-0.3, -0.25) is 4.79 Å². The van der Waals surface area contributed by atoms with E-state index in [1.807, 2.05) is 109 Å². The molecule has 0 bridgehead atoms. The molecule has 0 saturated carbocycles. The Morgan fingerprint density at radius 3 is 1.80 bits per heavy atom. The average molecular weight is 651 g/mol. The van der Waals surface area contributed by atoms with E-state index in [0.29, 0.717) is 25.2 Å². The van der Waals surface area contributed by atoms with Crippen molar-refractivity contribution in [3.63, 3.8) is 0 Å². The van der Waals surface area contributed by atoms with Crippen molar-refractivity contribution in [2.24, 2.45) is 0 Å². The summed E-state index contributed by atoms with van der Waals surface area (Å²) in [6.45, 7) is 2.36. The fourth-order valence-electron chi connectivity index (χ4n) is 6.37. The molecule has 1 aromatic heterocycles. The van der Waals surface area contributed by atoms with Gasteiger partial charge < -0.3 is 15.7 Å². The van der Waals surface area contributed by atoms with Crippen molar-refractivity contribution in [1.82, 2.24) is 30.8 Å². The fraction of sp³-hybridized carbons (Fsp3) is 0.175. The highest BCUT2D eigenvalue weighted by Gasteiger charge is 2.42. The highest BCUT2D eigenvalue weighted by atomic mass is 16.4. The summed E-state index contributed by atoms with van der Waals surface area (Å²) in [5, 5.41) is 28.3. The van der Waals surface area contributed by atoms with Crippen LogP contribution < -0.4 is 10.6 Å². The maximum Gasteiger partial charge on any atom is 0.404 e. The summed E-state index contributed by atoms with van der Waals surface area (Å²) in [5.41, 5.74) is 5.95. The molecule has 1 atom stereocenters. The van der Waals surface area contributed by atoms with Crippen molar-refractivity contribution in [2.75, 3.05) is 6.54 Å². The second-order valence-electron chi connectivity index (χ2n) is 11.8. The average Bonchev–Trinajstić information content (AvgIpc) is 3.64. The van der Waals surface area contributed by atoms with Crippen molar-refractivity contribution in [3.05, 3.63) is 162 Å². The molecule has 0 aliphatic rings. The lowest BCUT2D eigenvalue weighted by atomic mass is 9.77. The summed E-state index contributed by atoms with van der Waals surface area (Å²) in [6, 6.07) is 46.5. The number of tetrazole rings is 1. The number of aromatic nitrogens is 4. The van der Waals surface area contributed by atoms with E-state index in [1.165, 1.54) is 0 Å². The molecule has 49 heavy (non-hydrogen) atoms. The zero-order valence-electron chi connectivity index (χ0n) is 27.2. The second-order valence-corrected chi connectivity index (χ2v) is 11.8. The van der Waals surface area contributed by atoms with Crippen LogP contribution in [0.2, 0.25) is 0 Å². The number of hydrogen-bond donors (Lipinski definition) is 3. The summed E-state index contributed by atoms with van der Waals surface area (Å²) in [4.78, 5) is 23.7. The Balaban J connectivity index is 1.39. The van der Waals surface area contributed by atoms with E-state index in [0.717, 1.165) is 38.9 Å². The van der Waals surface area contributed by atoms with Crippen molar-refractivity contribution >= 4 is 11.9 Å². The second kappa shape index (κ2) is 15.3. The third-order valence-electron chi connectivity index (χ3n) is 8.69. The SMILES string of the molecule is CCCC(=O)C(CNC(=O)O)NCc1ccc(-c2ccccc2-c2nnnn2C(c2ccccc2)(c2ccccc2)c2ccccc2)cc1. The van der Waals surface area contributed by atoms with Gasteiger partial charge in [-0.1, -0.05) is 146 Å². The summed E-state index contributed by atoms with van der Waals surface area (Å²) in [6.07, 6.45) is -0.0717. The highest BCUT2D eigenvalue weighted by Crippen LogP contribution is 2.43. The third kappa shape index (κ3) is 7.02. The number of hydrogen-bond acceptors (Lipinski definition) is 6. The van der Waals surface area contributed by atoms with Gasteiger partial charge in [0.25, 0.3) is 0 Å². The van der Waals surface area contributed by atoms with Gasteiger partial charge in [-0.05, 0) is 50.2 Å². The summed E-state index contributed by atoms with van der Waals surface area (Å²) in [7, 11) is 0. The molecule has 0 spiro atoms. The van der Waals surface area contributed by atoms with E-state index >= 15 is 0 Å². The summed E-state index contributed by atoms with van der Waals surface area (Å²) in [5.74, 6) is 0.596. The van der Waals surface area contributed by atoms with Gasteiger partial charge in [0.15, 0.2) is 11.6 Å². The number of carbonyl (C=O) groups is 2. The molecule has 1 amide bonds. The fourth-order valence-corrected chi connectivity index (χ4v) is 6.37. The van der Waals surface area contributed by atoms with Crippen LogP contribution >= 0.6 is 0 Å². The molecular formula is C40H38N6O3. The first-order valence-corrected chi connectivity index (χ1v) is 16.4. The predicted molar refractivity (Wildman–Crippen MR) is 190 cm³/mol. The van der Waals surface area contributed by atoms with Crippen LogP contribution in [0.5, 0.6) is 0 Å². The predicted octanol–water partition coefficient (Wildman–Crippen LogP) is 6.94. The minimum Gasteiger partial charge on any atom is -0.465 e. The van der Waals surface area contributed by atoms with Gasteiger partial charge in [-0.15, -0.1) is 5.10 Å². The van der Waals surface area contributed by atoms with Crippen LogP contribution in [0.15, 0.2) is 140 Å². The van der Waals surface area contributed by atoms with Crippen LogP contribution in [0.4, 0.5) is 4.79 Å². The molecule has 1 unspecified atom stereocenters. The van der Waals surface area contributed by atoms with Gasteiger partial charge in [0, 0.05) is 25.1 Å². The maximum absolute atomic E-state index is 12.6. The van der Waals surface area contributed by atoms with Crippen molar-refractivity contribution < 1.29 is 14.7 Å². The normalized spacial score (nSPS) is 11.9. The smallest absolute Gasteiger partial charge is 0.404 e. The Labute approximate surface area is 285 Å². The number of carbonyl (C=O) groups excluding carboxylic acids is 1. The van der Waals surface area contributed by atoms with E-state index in [2.05, 4.69) is 63.4 Å². The Kier molecular flexibility index (Phi) is 10.3. The molecule has 0 saturated heterocycles. The molecule has 3 N–H and O–H groups in total. The van der Waals surface area contributed by atoms with Gasteiger partial charge >= 0.3 is 6.09 Å². The van der Waals surface area contributed by atoms with Gasteiger partial charge in [0.1, 0.15) is 5.54 Å². The number of nitrogens with one attached hydrogen (secondary N) is 2. The van der Waals surface area contributed by atoms with Crippen LogP contribution in [0.3, 0.4) is 0 Å². The van der Waals surface area contributed by atoms with E-state index in [9.17, 15) is 9.59 Å². The van der Waals surface area contributed by atoms with E-state index in [1.54, 1.807) is 0 Å². The highest BCUT2D eigenvalue weighted by molar-refractivity contribution is 5.85. The third-order valence-corrected chi connectivity index (χ3v) is 8.69. The molecule has 0 fully saturated rings. The van der Waals surface area contributed by atoms with Crippen LogP contribution in [0, 0.1) is 0 Å². The Bertz CT molecular complexity index is 1880. The Hall–Kier alpha value is -5.93. The monoisotopic (exact) mass is 650 g/mol. The summed E-state index contributed by atoms with van der Waals surface area (Å²) >= 11 is 0. The molecule has 246 valence electrons. The topological polar surface area (TPSA) is 122 Å². The molecule has 9 heteroatoms. The molecule has 0 aliphatic heterocycles.